The fourth-order valence-corrected chi connectivity index (χ4v) is 2.27. The van der Waals surface area contributed by atoms with Gasteiger partial charge in [-0.15, -0.1) is 0 Å². The number of nitrogens with one attached hydrogen (secondary N) is 1. The zero-order chi connectivity index (χ0) is 15.3. The molecule has 0 atom stereocenters. The maximum absolute atomic E-state index is 13.0. The zero-order valence-electron chi connectivity index (χ0n) is 11.0. The quantitative estimate of drug-likeness (QED) is 0.780. The molecule has 0 aliphatic heterocycles. The average molecular weight is 306 g/mol. The van der Waals surface area contributed by atoms with Crippen molar-refractivity contribution >= 4 is 21.9 Å². The van der Waals surface area contributed by atoms with Gasteiger partial charge in [0.15, 0.2) is 0 Å². The normalized spacial score (nSPS) is 11.4. The fourth-order valence-electron chi connectivity index (χ4n) is 1.34. The van der Waals surface area contributed by atoms with Gasteiger partial charge in [0.05, 0.1) is 19.2 Å². The molecule has 0 saturated heterocycles. The number of halogens is 1. The Morgan fingerprint density at radius 3 is 2.70 bits per heavy atom. The SMILES string of the molecule is COc1cc(F)ccc1NS(=O)(=O)N(C)CCC(=O)O. The van der Waals surface area contributed by atoms with E-state index in [9.17, 15) is 17.6 Å². The van der Waals surface area contributed by atoms with Crippen LogP contribution in [0.25, 0.3) is 0 Å². The van der Waals surface area contributed by atoms with Gasteiger partial charge in [0.1, 0.15) is 11.6 Å². The second kappa shape index (κ2) is 6.53. The molecule has 20 heavy (non-hydrogen) atoms. The molecule has 0 spiro atoms. The number of benzene rings is 1. The molecule has 0 amide bonds. The molecular weight excluding hydrogens is 291 g/mol. The lowest BCUT2D eigenvalue weighted by molar-refractivity contribution is -0.137. The molecule has 1 aromatic rings. The van der Waals surface area contributed by atoms with Gasteiger partial charge in [-0.3, -0.25) is 9.52 Å². The number of carbonyl (C=O) groups is 1. The summed E-state index contributed by atoms with van der Waals surface area (Å²) in [5.41, 5.74) is 0.0658. The molecule has 0 radical (unpaired) electrons. The van der Waals surface area contributed by atoms with Gasteiger partial charge in [0, 0.05) is 19.7 Å². The zero-order valence-corrected chi connectivity index (χ0v) is 11.8. The standard InChI is InChI=1S/C11H15FN2O5S/c1-14(6-5-11(15)16)20(17,18)13-9-4-3-8(12)7-10(9)19-2/h3-4,7,13H,5-6H2,1-2H3,(H,15,16). The van der Waals surface area contributed by atoms with Gasteiger partial charge in [-0.2, -0.15) is 12.7 Å². The van der Waals surface area contributed by atoms with Gasteiger partial charge in [-0.1, -0.05) is 0 Å². The van der Waals surface area contributed by atoms with E-state index in [1.807, 2.05) is 0 Å². The highest BCUT2D eigenvalue weighted by atomic mass is 32.2. The summed E-state index contributed by atoms with van der Waals surface area (Å²) in [7, 11) is -1.42. The Bertz CT molecular complexity index is 590. The van der Waals surface area contributed by atoms with Crippen LogP contribution in [0.1, 0.15) is 6.42 Å². The molecule has 1 aromatic carbocycles. The minimum absolute atomic E-state index is 0.0280. The second-order valence-electron chi connectivity index (χ2n) is 3.92. The van der Waals surface area contributed by atoms with Gasteiger partial charge < -0.3 is 9.84 Å². The van der Waals surface area contributed by atoms with E-state index in [1.165, 1.54) is 20.2 Å². The molecule has 0 aliphatic rings. The molecule has 0 aromatic heterocycles. The summed E-state index contributed by atoms with van der Waals surface area (Å²) in [6.07, 6.45) is -0.321. The summed E-state index contributed by atoms with van der Waals surface area (Å²) in [4.78, 5) is 10.4. The molecule has 1 rings (SSSR count). The molecule has 0 heterocycles. The monoisotopic (exact) mass is 306 g/mol. The second-order valence-corrected chi connectivity index (χ2v) is 5.69. The van der Waals surface area contributed by atoms with Crippen LogP contribution in [0.3, 0.4) is 0 Å². The first-order valence-electron chi connectivity index (χ1n) is 5.55. The average Bonchev–Trinajstić information content (AvgIpc) is 2.37. The number of ether oxygens (including phenoxy) is 1. The van der Waals surface area contributed by atoms with E-state index < -0.39 is 22.0 Å². The number of carboxylic acid groups (broad SMARTS) is 1. The van der Waals surface area contributed by atoms with Crippen LogP contribution in [0.2, 0.25) is 0 Å². The summed E-state index contributed by atoms with van der Waals surface area (Å²) in [6, 6.07) is 3.34. The predicted octanol–water partition coefficient (Wildman–Crippen LogP) is 0.897. The lowest BCUT2D eigenvalue weighted by atomic mass is 10.3. The van der Waals surface area contributed by atoms with E-state index >= 15 is 0 Å². The minimum atomic E-state index is -3.94. The van der Waals surface area contributed by atoms with Crippen LogP contribution in [0, 0.1) is 5.82 Å². The number of hydrogen-bond donors (Lipinski definition) is 2. The van der Waals surface area contributed by atoms with Crippen molar-refractivity contribution in [2.75, 3.05) is 25.4 Å². The maximum atomic E-state index is 13.0. The molecule has 2 N–H and O–H groups in total. The van der Waals surface area contributed by atoms with Crippen LogP contribution in [-0.4, -0.2) is 44.5 Å². The maximum Gasteiger partial charge on any atom is 0.304 e. The van der Waals surface area contributed by atoms with E-state index in [1.54, 1.807) is 0 Å². The third-order valence-corrected chi connectivity index (χ3v) is 3.93. The van der Waals surface area contributed by atoms with Crippen LogP contribution < -0.4 is 9.46 Å². The topological polar surface area (TPSA) is 95.9 Å². The van der Waals surface area contributed by atoms with Gasteiger partial charge in [-0.05, 0) is 12.1 Å². The summed E-state index contributed by atoms with van der Waals surface area (Å²) < 4.78 is 44.8. The lowest BCUT2D eigenvalue weighted by Gasteiger charge is -2.18. The van der Waals surface area contributed by atoms with Crippen LogP contribution in [0.4, 0.5) is 10.1 Å². The van der Waals surface area contributed by atoms with Crippen LogP contribution in [0.5, 0.6) is 5.75 Å². The first-order chi connectivity index (χ1) is 9.26. The van der Waals surface area contributed by atoms with Crippen LogP contribution in [0.15, 0.2) is 18.2 Å². The first kappa shape index (κ1) is 16.2. The van der Waals surface area contributed by atoms with E-state index in [0.29, 0.717) is 0 Å². The molecule has 112 valence electrons. The van der Waals surface area contributed by atoms with Crippen molar-refractivity contribution in [3.05, 3.63) is 24.0 Å². The molecule has 7 nitrogen and oxygen atoms in total. The minimum Gasteiger partial charge on any atom is -0.494 e. The fraction of sp³-hybridized carbons (Fsp3) is 0.364. The summed E-state index contributed by atoms with van der Waals surface area (Å²) in [6.45, 7) is -0.186. The van der Waals surface area contributed by atoms with Crippen molar-refractivity contribution in [2.24, 2.45) is 0 Å². The molecule has 0 saturated carbocycles. The number of aliphatic carboxylic acids is 1. The summed E-state index contributed by atoms with van der Waals surface area (Å²) >= 11 is 0. The molecule has 0 fully saturated rings. The van der Waals surface area contributed by atoms with Crippen LogP contribution >= 0.6 is 0 Å². The molecule has 0 aliphatic carbocycles. The highest BCUT2D eigenvalue weighted by molar-refractivity contribution is 7.90. The molecular formula is C11H15FN2O5S. The summed E-state index contributed by atoms with van der Waals surface area (Å²) in [5, 5.41) is 8.53. The number of carboxylic acids is 1. The lowest BCUT2D eigenvalue weighted by Crippen LogP contribution is -2.34. The number of anilines is 1. The van der Waals surface area contributed by atoms with Crippen molar-refractivity contribution in [3.63, 3.8) is 0 Å². The summed E-state index contributed by atoms with van der Waals surface area (Å²) in [5.74, 6) is -1.64. The van der Waals surface area contributed by atoms with E-state index in [4.69, 9.17) is 9.84 Å². The predicted molar refractivity (Wildman–Crippen MR) is 70.4 cm³/mol. The van der Waals surface area contributed by atoms with E-state index in [0.717, 1.165) is 16.4 Å². The Morgan fingerprint density at radius 2 is 2.15 bits per heavy atom. The number of hydrogen-bond acceptors (Lipinski definition) is 4. The van der Waals surface area contributed by atoms with Gasteiger partial charge in [0.25, 0.3) is 0 Å². The number of methoxy groups -OCH3 is 1. The van der Waals surface area contributed by atoms with Gasteiger partial charge >= 0.3 is 16.2 Å². The number of rotatable bonds is 7. The Hall–Kier alpha value is -1.87. The third-order valence-electron chi connectivity index (χ3n) is 2.45. The molecule has 0 bridgehead atoms. The van der Waals surface area contributed by atoms with E-state index in [-0.39, 0.29) is 24.4 Å². The largest absolute Gasteiger partial charge is 0.494 e. The Kier molecular flexibility index (Phi) is 5.28. The Labute approximate surface area is 116 Å². The molecule has 9 heteroatoms. The number of nitrogens with zero attached hydrogens (tertiary/aromatic N) is 1. The van der Waals surface area contributed by atoms with Gasteiger partial charge in [0.2, 0.25) is 0 Å². The smallest absolute Gasteiger partial charge is 0.304 e. The third kappa shape index (κ3) is 4.35. The van der Waals surface area contributed by atoms with Crippen molar-refractivity contribution in [2.45, 2.75) is 6.42 Å². The Morgan fingerprint density at radius 1 is 1.50 bits per heavy atom. The van der Waals surface area contributed by atoms with Crippen molar-refractivity contribution in [1.29, 1.82) is 0 Å². The van der Waals surface area contributed by atoms with E-state index in [2.05, 4.69) is 4.72 Å². The highest BCUT2D eigenvalue weighted by Crippen LogP contribution is 2.26. The van der Waals surface area contributed by atoms with Crippen molar-refractivity contribution in [3.8, 4) is 5.75 Å². The van der Waals surface area contributed by atoms with Crippen molar-refractivity contribution in [1.82, 2.24) is 4.31 Å². The molecule has 0 unspecified atom stereocenters. The van der Waals surface area contributed by atoms with Gasteiger partial charge in [-0.25, -0.2) is 4.39 Å². The Balaban J connectivity index is 2.88. The van der Waals surface area contributed by atoms with Crippen LogP contribution in [-0.2, 0) is 15.0 Å². The highest BCUT2D eigenvalue weighted by Gasteiger charge is 2.20. The van der Waals surface area contributed by atoms with Crippen molar-refractivity contribution < 1.29 is 27.4 Å². The first-order valence-corrected chi connectivity index (χ1v) is 6.99.